The third-order valence-corrected chi connectivity index (χ3v) is 2.59. The van der Waals surface area contributed by atoms with Crippen molar-refractivity contribution in [2.24, 2.45) is 5.41 Å². The van der Waals surface area contributed by atoms with Gasteiger partial charge in [0, 0.05) is 6.04 Å². The monoisotopic (exact) mass is 185 g/mol. The van der Waals surface area contributed by atoms with Crippen LogP contribution in [0.15, 0.2) is 0 Å². The fourth-order valence-electron chi connectivity index (χ4n) is 0.981. The van der Waals surface area contributed by atoms with Gasteiger partial charge in [-0.25, -0.2) is 0 Å². The molecule has 74 valence electrons. The molecular weight excluding hydrogens is 170 g/mol. The Balaban J connectivity index is 2.62. The first-order valence-corrected chi connectivity index (χ1v) is 4.55. The molecule has 0 saturated heterocycles. The Hall–Kier alpha value is -1.06. The Morgan fingerprint density at radius 3 is 2.38 bits per heavy atom. The molecule has 1 rings (SSSR count). The molecule has 4 nitrogen and oxygen atoms in total. The summed E-state index contributed by atoms with van der Waals surface area (Å²) in [5, 5.41) is 11.6. The zero-order chi connectivity index (χ0) is 10.1. The third kappa shape index (κ3) is 1.99. The minimum Gasteiger partial charge on any atom is -0.480 e. The highest BCUT2D eigenvalue weighted by molar-refractivity contribution is 6.01. The summed E-state index contributed by atoms with van der Waals surface area (Å²) < 4.78 is 0. The molecule has 13 heavy (non-hydrogen) atoms. The van der Waals surface area contributed by atoms with Crippen LogP contribution in [0.2, 0.25) is 0 Å². The SMILES string of the molecule is CCC(C)(C(=O)O)C(=O)NC1CC1. The molecule has 2 N–H and O–H groups in total. The lowest BCUT2D eigenvalue weighted by molar-refractivity contribution is -0.154. The average molecular weight is 185 g/mol. The number of aliphatic carboxylic acids is 1. The van der Waals surface area contributed by atoms with E-state index < -0.39 is 11.4 Å². The molecule has 0 aromatic rings. The van der Waals surface area contributed by atoms with Gasteiger partial charge < -0.3 is 10.4 Å². The number of hydrogen-bond donors (Lipinski definition) is 2. The van der Waals surface area contributed by atoms with E-state index in [0.29, 0.717) is 6.42 Å². The highest BCUT2D eigenvalue weighted by Gasteiger charge is 2.41. The van der Waals surface area contributed by atoms with E-state index in [1.165, 1.54) is 6.92 Å². The maximum Gasteiger partial charge on any atom is 0.318 e. The Kier molecular flexibility index (Phi) is 2.59. The van der Waals surface area contributed by atoms with Crippen molar-refractivity contribution >= 4 is 11.9 Å². The van der Waals surface area contributed by atoms with Crippen molar-refractivity contribution in [1.29, 1.82) is 0 Å². The lowest BCUT2D eigenvalue weighted by atomic mass is 9.86. The highest BCUT2D eigenvalue weighted by Crippen LogP contribution is 2.25. The molecule has 1 atom stereocenters. The van der Waals surface area contributed by atoms with Crippen LogP contribution in [0, 0.1) is 5.41 Å². The van der Waals surface area contributed by atoms with E-state index in [1.54, 1.807) is 6.92 Å². The lowest BCUT2D eigenvalue weighted by Crippen LogP contribution is -2.44. The van der Waals surface area contributed by atoms with Crippen molar-refractivity contribution in [3.63, 3.8) is 0 Å². The minimum absolute atomic E-state index is 0.220. The molecule has 1 saturated carbocycles. The van der Waals surface area contributed by atoms with Crippen LogP contribution >= 0.6 is 0 Å². The van der Waals surface area contributed by atoms with Gasteiger partial charge >= 0.3 is 5.97 Å². The van der Waals surface area contributed by atoms with Gasteiger partial charge in [-0.15, -0.1) is 0 Å². The quantitative estimate of drug-likeness (QED) is 0.635. The molecule has 0 spiro atoms. The standard InChI is InChI=1S/C9H15NO3/c1-3-9(2,8(12)13)7(11)10-6-4-5-6/h6H,3-5H2,1-2H3,(H,10,11)(H,12,13). The van der Waals surface area contributed by atoms with Crippen molar-refractivity contribution in [1.82, 2.24) is 5.32 Å². The summed E-state index contributed by atoms with van der Waals surface area (Å²) in [5.41, 5.74) is -1.26. The Morgan fingerprint density at radius 1 is 1.54 bits per heavy atom. The van der Waals surface area contributed by atoms with Gasteiger partial charge in [-0.1, -0.05) is 6.92 Å². The van der Waals surface area contributed by atoms with E-state index in [1.807, 2.05) is 0 Å². The highest BCUT2D eigenvalue weighted by atomic mass is 16.4. The molecule has 4 heteroatoms. The normalized spacial score (nSPS) is 20.5. The van der Waals surface area contributed by atoms with Crippen LogP contribution in [-0.2, 0) is 9.59 Å². The zero-order valence-corrected chi connectivity index (χ0v) is 7.96. The second-order valence-electron chi connectivity index (χ2n) is 3.74. The van der Waals surface area contributed by atoms with Gasteiger partial charge in [0.25, 0.3) is 0 Å². The number of nitrogens with one attached hydrogen (secondary N) is 1. The number of carboxylic acid groups (broad SMARTS) is 1. The van der Waals surface area contributed by atoms with Gasteiger partial charge in [-0.05, 0) is 26.2 Å². The molecule has 0 heterocycles. The summed E-state index contributed by atoms with van der Waals surface area (Å²) in [4.78, 5) is 22.3. The Labute approximate surface area is 77.3 Å². The summed E-state index contributed by atoms with van der Waals surface area (Å²) in [6, 6.07) is 0.220. The van der Waals surface area contributed by atoms with Crippen molar-refractivity contribution < 1.29 is 14.7 Å². The summed E-state index contributed by atoms with van der Waals surface area (Å²) in [6.45, 7) is 3.17. The molecule has 0 aromatic heterocycles. The number of carboxylic acids is 1. The van der Waals surface area contributed by atoms with Crippen molar-refractivity contribution in [2.45, 2.75) is 39.2 Å². The summed E-state index contributed by atoms with van der Waals surface area (Å²) in [5.74, 6) is -1.40. The largest absolute Gasteiger partial charge is 0.480 e. The van der Waals surface area contributed by atoms with Gasteiger partial charge in [0.15, 0.2) is 0 Å². The molecule has 1 unspecified atom stereocenters. The maximum absolute atomic E-state index is 11.5. The summed E-state index contributed by atoms with van der Waals surface area (Å²) in [7, 11) is 0. The first kappa shape index (κ1) is 10.0. The topological polar surface area (TPSA) is 66.4 Å². The number of amides is 1. The van der Waals surface area contributed by atoms with Crippen LogP contribution in [0.25, 0.3) is 0 Å². The first-order valence-electron chi connectivity index (χ1n) is 4.55. The molecular formula is C9H15NO3. The maximum atomic E-state index is 11.5. The zero-order valence-electron chi connectivity index (χ0n) is 7.96. The van der Waals surface area contributed by atoms with Crippen molar-refractivity contribution in [3.8, 4) is 0 Å². The third-order valence-electron chi connectivity index (χ3n) is 2.59. The fraction of sp³-hybridized carbons (Fsp3) is 0.778. The molecule has 1 aliphatic rings. The Morgan fingerprint density at radius 2 is 2.08 bits per heavy atom. The molecule has 1 amide bonds. The second-order valence-corrected chi connectivity index (χ2v) is 3.74. The van der Waals surface area contributed by atoms with Crippen molar-refractivity contribution in [3.05, 3.63) is 0 Å². The molecule has 0 radical (unpaired) electrons. The van der Waals surface area contributed by atoms with Crippen molar-refractivity contribution in [2.75, 3.05) is 0 Å². The van der Waals surface area contributed by atoms with Crippen LogP contribution in [0.4, 0.5) is 0 Å². The van der Waals surface area contributed by atoms with Gasteiger partial charge in [-0.2, -0.15) is 0 Å². The predicted molar refractivity (Wildman–Crippen MR) is 47.2 cm³/mol. The van der Waals surface area contributed by atoms with Crippen LogP contribution in [0.5, 0.6) is 0 Å². The van der Waals surface area contributed by atoms with Gasteiger partial charge in [-0.3, -0.25) is 9.59 Å². The van der Waals surface area contributed by atoms with E-state index in [0.717, 1.165) is 12.8 Å². The van der Waals surface area contributed by atoms with E-state index >= 15 is 0 Å². The van der Waals surface area contributed by atoms with E-state index in [2.05, 4.69) is 5.32 Å². The van der Waals surface area contributed by atoms with Crippen LogP contribution < -0.4 is 5.32 Å². The molecule has 1 aliphatic carbocycles. The molecule has 1 fully saturated rings. The first-order chi connectivity index (χ1) is 6.00. The average Bonchev–Trinajstić information content (AvgIpc) is 2.86. The van der Waals surface area contributed by atoms with E-state index in [-0.39, 0.29) is 11.9 Å². The lowest BCUT2D eigenvalue weighted by Gasteiger charge is -2.21. The van der Waals surface area contributed by atoms with Crippen LogP contribution in [0.1, 0.15) is 33.1 Å². The number of rotatable bonds is 4. The molecule has 0 bridgehead atoms. The van der Waals surface area contributed by atoms with Gasteiger partial charge in [0.1, 0.15) is 5.41 Å². The second kappa shape index (κ2) is 3.36. The molecule has 0 aliphatic heterocycles. The van der Waals surface area contributed by atoms with Crippen LogP contribution in [0.3, 0.4) is 0 Å². The smallest absolute Gasteiger partial charge is 0.318 e. The Bertz CT molecular complexity index is 235. The van der Waals surface area contributed by atoms with Gasteiger partial charge in [0.05, 0.1) is 0 Å². The van der Waals surface area contributed by atoms with E-state index in [4.69, 9.17) is 5.11 Å². The molecule has 0 aromatic carbocycles. The number of carbonyl (C=O) groups excluding carboxylic acids is 1. The minimum atomic E-state index is -1.26. The predicted octanol–water partition coefficient (Wildman–Crippen LogP) is 0.766. The van der Waals surface area contributed by atoms with Crippen LogP contribution in [-0.4, -0.2) is 23.0 Å². The fourth-order valence-corrected chi connectivity index (χ4v) is 0.981. The van der Waals surface area contributed by atoms with E-state index in [9.17, 15) is 9.59 Å². The number of carbonyl (C=O) groups is 2. The van der Waals surface area contributed by atoms with Gasteiger partial charge in [0.2, 0.25) is 5.91 Å². The summed E-state index contributed by atoms with van der Waals surface area (Å²) >= 11 is 0. The summed E-state index contributed by atoms with van der Waals surface area (Å²) in [6.07, 6.45) is 2.27. The number of hydrogen-bond acceptors (Lipinski definition) is 2.